The van der Waals surface area contributed by atoms with Gasteiger partial charge in [0.25, 0.3) is 0 Å². The molecular formula is C18H17BrN2O2S. The second-order valence-electron chi connectivity index (χ2n) is 5.52. The zero-order valence-electron chi connectivity index (χ0n) is 13.4. The number of amides is 1. The van der Waals surface area contributed by atoms with Crippen LogP contribution in [0.25, 0.3) is 10.8 Å². The minimum absolute atomic E-state index is 0.0606. The molecule has 124 valence electrons. The average molecular weight is 405 g/mol. The normalized spacial score (nSPS) is 12.1. The molecule has 0 saturated carbocycles. The highest BCUT2D eigenvalue weighted by Gasteiger charge is 2.16. The minimum atomic E-state index is -0.0699. The topological polar surface area (TPSA) is 55.1 Å². The van der Waals surface area contributed by atoms with Gasteiger partial charge in [0.15, 0.2) is 0 Å². The summed E-state index contributed by atoms with van der Waals surface area (Å²) in [5, 5.41) is 4.98. The quantitative estimate of drug-likeness (QED) is 0.657. The van der Waals surface area contributed by atoms with Crippen LogP contribution in [0.4, 0.5) is 0 Å². The summed E-state index contributed by atoms with van der Waals surface area (Å²) in [6, 6.07) is 11.8. The Hall–Kier alpha value is -1.92. The van der Waals surface area contributed by atoms with E-state index in [-0.39, 0.29) is 18.4 Å². The van der Waals surface area contributed by atoms with Crippen molar-refractivity contribution in [1.29, 1.82) is 0 Å². The van der Waals surface area contributed by atoms with Crippen molar-refractivity contribution in [2.75, 3.05) is 0 Å². The summed E-state index contributed by atoms with van der Waals surface area (Å²) < 4.78 is 6.69. The van der Waals surface area contributed by atoms with Gasteiger partial charge in [0.1, 0.15) is 5.76 Å². The summed E-state index contributed by atoms with van der Waals surface area (Å²) in [5.74, 6) is 1.19. The van der Waals surface area contributed by atoms with Gasteiger partial charge in [-0.2, -0.15) is 0 Å². The van der Waals surface area contributed by atoms with Crippen LogP contribution in [0.2, 0.25) is 0 Å². The summed E-state index contributed by atoms with van der Waals surface area (Å²) in [6.45, 7) is 3.80. The van der Waals surface area contributed by atoms with Crippen molar-refractivity contribution < 1.29 is 9.21 Å². The van der Waals surface area contributed by atoms with Gasteiger partial charge in [0.2, 0.25) is 11.8 Å². The van der Waals surface area contributed by atoms with Crippen molar-refractivity contribution in [2.24, 2.45) is 0 Å². The molecule has 1 N–H and O–H groups in total. The van der Waals surface area contributed by atoms with Gasteiger partial charge in [-0.1, -0.05) is 34.1 Å². The van der Waals surface area contributed by atoms with E-state index in [0.29, 0.717) is 17.3 Å². The van der Waals surface area contributed by atoms with Gasteiger partial charge >= 0.3 is 0 Å². The van der Waals surface area contributed by atoms with E-state index in [4.69, 9.17) is 4.42 Å². The highest BCUT2D eigenvalue weighted by molar-refractivity contribution is 9.10. The largest absolute Gasteiger partial charge is 0.440 e. The number of thiophene rings is 1. The Labute approximate surface area is 153 Å². The molecule has 1 atom stereocenters. The Bertz CT molecular complexity index is 825. The number of rotatable bonds is 5. The van der Waals surface area contributed by atoms with E-state index in [1.165, 1.54) is 0 Å². The Kier molecular flexibility index (Phi) is 5.16. The number of hydrogen-bond acceptors (Lipinski definition) is 4. The summed E-state index contributed by atoms with van der Waals surface area (Å²) in [6.07, 6.45) is 0.210. The van der Waals surface area contributed by atoms with Gasteiger partial charge in [-0.3, -0.25) is 4.79 Å². The molecule has 24 heavy (non-hydrogen) atoms. The van der Waals surface area contributed by atoms with Crippen LogP contribution in [-0.4, -0.2) is 10.9 Å². The molecule has 2 heterocycles. The van der Waals surface area contributed by atoms with Crippen molar-refractivity contribution >= 4 is 33.2 Å². The summed E-state index contributed by atoms with van der Waals surface area (Å²) in [4.78, 5) is 17.7. The number of nitrogens with one attached hydrogen (secondary N) is 1. The third-order valence-corrected chi connectivity index (χ3v) is 5.09. The van der Waals surface area contributed by atoms with E-state index in [1.807, 2.05) is 55.6 Å². The second-order valence-corrected chi connectivity index (χ2v) is 7.38. The molecule has 6 heteroatoms. The summed E-state index contributed by atoms with van der Waals surface area (Å²) >= 11 is 4.98. The molecule has 3 rings (SSSR count). The van der Waals surface area contributed by atoms with Crippen LogP contribution in [0.3, 0.4) is 0 Å². The first-order valence-corrected chi connectivity index (χ1v) is 9.25. The van der Waals surface area contributed by atoms with Crippen LogP contribution >= 0.6 is 27.3 Å². The number of nitrogens with zero attached hydrogens (tertiary/aromatic N) is 1. The van der Waals surface area contributed by atoms with Gasteiger partial charge in [-0.05, 0) is 43.0 Å². The Morgan fingerprint density at radius 2 is 2.08 bits per heavy atom. The van der Waals surface area contributed by atoms with Crippen LogP contribution in [0.5, 0.6) is 0 Å². The van der Waals surface area contributed by atoms with Crippen molar-refractivity contribution in [3.05, 3.63) is 63.3 Å². The molecule has 4 nitrogen and oxygen atoms in total. The molecule has 0 aliphatic rings. The van der Waals surface area contributed by atoms with E-state index in [9.17, 15) is 4.79 Å². The van der Waals surface area contributed by atoms with E-state index < -0.39 is 0 Å². The molecular weight excluding hydrogens is 388 g/mol. The van der Waals surface area contributed by atoms with Crippen molar-refractivity contribution in [2.45, 2.75) is 26.3 Å². The van der Waals surface area contributed by atoms with Crippen LogP contribution in [-0.2, 0) is 11.2 Å². The standard InChI is InChI=1S/C18H17BrN2O2S/c1-11(13-5-7-14(19)8-6-13)20-17(22)10-15-12(2)23-18(21-15)16-4-3-9-24-16/h3-9,11H,10H2,1-2H3,(H,20,22). The van der Waals surface area contributed by atoms with Crippen molar-refractivity contribution in [1.82, 2.24) is 10.3 Å². The van der Waals surface area contributed by atoms with Crippen molar-refractivity contribution in [3.63, 3.8) is 0 Å². The maximum absolute atomic E-state index is 12.3. The molecule has 0 bridgehead atoms. The monoisotopic (exact) mass is 404 g/mol. The number of halogens is 1. The van der Waals surface area contributed by atoms with E-state index >= 15 is 0 Å². The summed E-state index contributed by atoms with van der Waals surface area (Å²) in [7, 11) is 0. The van der Waals surface area contributed by atoms with Gasteiger partial charge in [0.05, 0.1) is 23.0 Å². The number of carbonyl (C=O) groups is 1. The van der Waals surface area contributed by atoms with E-state index in [1.54, 1.807) is 11.3 Å². The Morgan fingerprint density at radius 1 is 1.33 bits per heavy atom. The van der Waals surface area contributed by atoms with Crippen LogP contribution in [0, 0.1) is 6.92 Å². The smallest absolute Gasteiger partial charge is 0.236 e. The number of aromatic nitrogens is 1. The van der Waals surface area contributed by atoms with Crippen LogP contribution in [0.1, 0.15) is 30.0 Å². The first-order chi connectivity index (χ1) is 11.5. The molecule has 1 amide bonds. The fraction of sp³-hybridized carbons (Fsp3) is 0.222. The first-order valence-electron chi connectivity index (χ1n) is 7.58. The lowest BCUT2D eigenvalue weighted by atomic mass is 10.1. The minimum Gasteiger partial charge on any atom is -0.440 e. The molecule has 1 unspecified atom stereocenters. The second kappa shape index (κ2) is 7.32. The van der Waals surface area contributed by atoms with Gasteiger partial charge in [-0.25, -0.2) is 4.98 Å². The highest BCUT2D eigenvalue weighted by Crippen LogP contribution is 2.26. The molecule has 0 radical (unpaired) electrons. The van der Waals surface area contributed by atoms with Gasteiger partial charge < -0.3 is 9.73 Å². The van der Waals surface area contributed by atoms with Gasteiger partial charge in [-0.15, -0.1) is 11.3 Å². The third kappa shape index (κ3) is 3.94. The Morgan fingerprint density at radius 3 is 2.75 bits per heavy atom. The molecule has 2 aromatic heterocycles. The third-order valence-electron chi connectivity index (χ3n) is 3.70. The molecule has 0 saturated heterocycles. The molecule has 0 spiro atoms. The van der Waals surface area contributed by atoms with E-state index in [0.717, 1.165) is 14.9 Å². The van der Waals surface area contributed by atoms with Crippen LogP contribution in [0.15, 0.2) is 50.7 Å². The van der Waals surface area contributed by atoms with Gasteiger partial charge in [0, 0.05) is 4.47 Å². The zero-order chi connectivity index (χ0) is 17.1. The molecule has 1 aromatic carbocycles. The fourth-order valence-corrected chi connectivity index (χ4v) is 3.29. The molecule has 3 aromatic rings. The predicted octanol–water partition coefficient (Wildman–Crippen LogP) is 4.89. The maximum atomic E-state index is 12.3. The Balaban J connectivity index is 1.65. The lowest BCUT2D eigenvalue weighted by Crippen LogP contribution is -2.28. The molecule has 0 aliphatic heterocycles. The van der Waals surface area contributed by atoms with Crippen molar-refractivity contribution in [3.8, 4) is 10.8 Å². The summed E-state index contributed by atoms with van der Waals surface area (Å²) in [5.41, 5.74) is 1.74. The predicted molar refractivity (Wildman–Crippen MR) is 99.0 cm³/mol. The molecule has 0 fully saturated rings. The number of carbonyl (C=O) groups excluding carboxylic acids is 1. The van der Waals surface area contributed by atoms with E-state index in [2.05, 4.69) is 26.2 Å². The lowest BCUT2D eigenvalue weighted by molar-refractivity contribution is -0.121. The molecule has 0 aliphatic carbocycles. The highest BCUT2D eigenvalue weighted by atomic mass is 79.9. The number of hydrogen-bond donors (Lipinski definition) is 1. The SMILES string of the molecule is Cc1oc(-c2cccs2)nc1CC(=O)NC(C)c1ccc(Br)cc1. The maximum Gasteiger partial charge on any atom is 0.236 e. The zero-order valence-corrected chi connectivity index (χ0v) is 15.8. The number of aryl methyl sites for hydroxylation is 1. The number of oxazole rings is 1. The first kappa shape index (κ1) is 16.9. The lowest BCUT2D eigenvalue weighted by Gasteiger charge is -2.14. The average Bonchev–Trinajstić information content (AvgIpc) is 3.18. The number of benzene rings is 1. The fourth-order valence-electron chi connectivity index (χ4n) is 2.38. The van der Waals surface area contributed by atoms with Crippen LogP contribution < -0.4 is 5.32 Å².